The predicted octanol–water partition coefficient (Wildman–Crippen LogP) is 2.03. The van der Waals surface area contributed by atoms with Crippen LogP contribution in [0.1, 0.15) is 37.8 Å². The maximum Gasteiger partial charge on any atom is 0.245 e. The van der Waals surface area contributed by atoms with Crippen LogP contribution in [0, 0.1) is 6.92 Å². The van der Waals surface area contributed by atoms with Gasteiger partial charge >= 0.3 is 0 Å². The van der Waals surface area contributed by atoms with Gasteiger partial charge in [0.1, 0.15) is 6.04 Å². The first kappa shape index (κ1) is 14.8. The second-order valence-corrected chi connectivity index (χ2v) is 6.11. The zero-order valence-corrected chi connectivity index (χ0v) is 13.2. The average molecular weight is 301 g/mol. The Hall–Kier alpha value is -2.11. The zero-order chi connectivity index (χ0) is 15.5. The van der Waals surface area contributed by atoms with E-state index in [2.05, 4.69) is 10.1 Å². The number of hydrogen-bond acceptors (Lipinski definition) is 3. The molecule has 1 fully saturated rings. The van der Waals surface area contributed by atoms with E-state index >= 15 is 0 Å². The minimum absolute atomic E-state index is 0.173. The third kappa shape index (κ3) is 3.05. The Balaban J connectivity index is 1.73. The van der Waals surface area contributed by atoms with Crippen molar-refractivity contribution in [3.63, 3.8) is 0 Å². The molecule has 0 radical (unpaired) electrons. The fraction of sp³-hybridized carbons (Fsp3) is 0.562. The van der Waals surface area contributed by atoms with Gasteiger partial charge in [0.2, 0.25) is 5.91 Å². The second kappa shape index (κ2) is 6.34. The van der Waals surface area contributed by atoms with E-state index in [9.17, 15) is 4.79 Å². The number of nitrogens with zero attached hydrogens (tertiary/aromatic N) is 5. The van der Waals surface area contributed by atoms with Crippen molar-refractivity contribution >= 4 is 5.91 Å². The highest BCUT2D eigenvalue weighted by Gasteiger charge is 2.30. The molecular weight excluding hydrogens is 278 g/mol. The third-order valence-corrected chi connectivity index (χ3v) is 4.40. The van der Waals surface area contributed by atoms with E-state index in [1.54, 1.807) is 12.5 Å². The molecule has 6 heteroatoms. The van der Waals surface area contributed by atoms with Gasteiger partial charge < -0.3 is 9.47 Å². The van der Waals surface area contributed by atoms with E-state index in [-0.39, 0.29) is 18.0 Å². The van der Waals surface area contributed by atoms with Crippen molar-refractivity contribution in [2.45, 2.75) is 51.7 Å². The standard InChI is InChI=1S/C16H23N5O/c1-13-9-18-20(10-13)11-15-5-3-4-7-21(15)16(22)14(2)19-8-6-17-12-19/h6,8-10,12,14-15H,3-5,7,11H2,1-2H3/t14-,15-/m0/s1. The molecule has 3 heterocycles. The maximum absolute atomic E-state index is 12.8. The van der Waals surface area contributed by atoms with Gasteiger partial charge in [-0.05, 0) is 38.7 Å². The van der Waals surface area contributed by atoms with Gasteiger partial charge in [-0.25, -0.2) is 4.98 Å². The molecule has 22 heavy (non-hydrogen) atoms. The van der Waals surface area contributed by atoms with Crippen LogP contribution in [0.15, 0.2) is 31.1 Å². The van der Waals surface area contributed by atoms with Crippen LogP contribution in [0.4, 0.5) is 0 Å². The number of aryl methyl sites for hydroxylation is 1. The molecule has 6 nitrogen and oxygen atoms in total. The van der Waals surface area contributed by atoms with Crippen LogP contribution in [-0.4, -0.2) is 42.7 Å². The van der Waals surface area contributed by atoms with E-state index in [0.29, 0.717) is 0 Å². The molecule has 0 bridgehead atoms. The van der Waals surface area contributed by atoms with Gasteiger partial charge in [-0.1, -0.05) is 0 Å². The lowest BCUT2D eigenvalue weighted by Gasteiger charge is -2.37. The van der Waals surface area contributed by atoms with Crippen molar-refractivity contribution in [1.29, 1.82) is 0 Å². The normalized spacial score (nSPS) is 20.1. The number of piperidine rings is 1. The number of likely N-dealkylation sites (tertiary alicyclic amines) is 1. The summed E-state index contributed by atoms with van der Waals surface area (Å²) in [5.41, 5.74) is 1.15. The van der Waals surface area contributed by atoms with Crippen LogP contribution in [0.2, 0.25) is 0 Å². The fourth-order valence-electron chi connectivity index (χ4n) is 3.13. The van der Waals surface area contributed by atoms with Gasteiger partial charge in [0.15, 0.2) is 0 Å². The molecule has 1 aliphatic heterocycles. The molecule has 0 spiro atoms. The lowest BCUT2D eigenvalue weighted by molar-refractivity contribution is -0.138. The molecule has 0 aliphatic carbocycles. The van der Waals surface area contributed by atoms with Crippen LogP contribution < -0.4 is 0 Å². The van der Waals surface area contributed by atoms with E-state index in [1.807, 2.05) is 46.6 Å². The Kier molecular flexibility index (Phi) is 4.27. The highest BCUT2D eigenvalue weighted by molar-refractivity contribution is 5.80. The molecule has 118 valence electrons. The van der Waals surface area contributed by atoms with Gasteiger partial charge in [-0.2, -0.15) is 5.10 Å². The number of amides is 1. The van der Waals surface area contributed by atoms with Crippen molar-refractivity contribution in [3.05, 3.63) is 36.7 Å². The van der Waals surface area contributed by atoms with Crippen LogP contribution in [0.25, 0.3) is 0 Å². The summed E-state index contributed by atoms with van der Waals surface area (Å²) in [6, 6.07) is 0.0222. The first-order valence-corrected chi connectivity index (χ1v) is 7.92. The van der Waals surface area contributed by atoms with E-state index < -0.39 is 0 Å². The second-order valence-electron chi connectivity index (χ2n) is 6.11. The largest absolute Gasteiger partial charge is 0.336 e. The minimum atomic E-state index is -0.206. The lowest BCUT2D eigenvalue weighted by atomic mass is 10.0. The monoisotopic (exact) mass is 301 g/mol. The van der Waals surface area contributed by atoms with Crippen LogP contribution in [0.5, 0.6) is 0 Å². The Morgan fingerprint density at radius 3 is 3.00 bits per heavy atom. The van der Waals surface area contributed by atoms with Gasteiger partial charge in [0, 0.05) is 25.1 Å². The minimum Gasteiger partial charge on any atom is -0.336 e. The summed E-state index contributed by atoms with van der Waals surface area (Å²) in [6.07, 6.45) is 12.5. The van der Waals surface area contributed by atoms with Crippen LogP contribution in [0.3, 0.4) is 0 Å². The first-order chi connectivity index (χ1) is 10.6. The summed E-state index contributed by atoms with van der Waals surface area (Å²) in [5, 5.41) is 4.36. The maximum atomic E-state index is 12.8. The van der Waals surface area contributed by atoms with E-state index in [1.165, 1.54) is 6.42 Å². The highest BCUT2D eigenvalue weighted by Crippen LogP contribution is 2.22. The van der Waals surface area contributed by atoms with Gasteiger partial charge in [-0.3, -0.25) is 9.48 Å². The van der Waals surface area contributed by atoms with Crippen molar-refractivity contribution < 1.29 is 4.79 Å². The molecule has 0 N–H and O–H groups in total. The Morgan fingerprint density at radius 1 is 1.45 bits per heavy atom. The zero-order valence-electron chi connectivity index (χ0n) is 13.2. The third-order valence-electron chi connectivity index (χ3n) is 4.40. The molecule has 2 atom stereocenters. The molecule has 1 amide bonds. The number of imidazole rings is 1. The van der Waals surface area contributed by atoms with Crippen molar-refractivity contribution in [3.8, 4) is 0 Å². The number of rotatable bonds is 4. The Bertz CT molecular complexity index is 618. The van der Waals surface area contributed by atoms with Crippen molar-refractivity contribution in [1.82, 2.24) is 24.2 Å². The van der Waals surface area contributed by atoms with Gasteiger partial charge in [0.05, 0.1) is 25.1 Å². The summed E-state index contributed by atoms with van der Waals surface area (Å²) >= 11 is 0. The number of hydrogen-bond donors (Lipinski definition) is 0. The van der Waals surface area contributed by atoms with Gasteiger partial charge in [0.25, 0.3) is 0 Å². The smallest absolute Gasteiger partial charge is 0.245 e. The molecule has 0 saturated carbocycles. The highest BCUT2D eigenvalue weighted by atomic mass is 16.2. The lowest BCUT2D eigenvalue weighted by Crippen LogP contribution is -2.48. The average Bonchev–Trinajstić information content (AvgIpc) is 3.18. The molecular formula is C16H23N5O. The van der Waals surface area contributed by atoms with Crippen molar-refractivity contribution in [2.75, 3.05) is 6.54 Å². The molecule has 2 aromatic heterocycles. The molecule has 0 unspecified atom stereocenters. The van der Waals surface area contributed by atoms with E-state index in [4.69, 9.17) is 0 Å². The molecule has 1 saturated heterocycles. The summed E-state index contributed by atoms with van der Waals surface area (Å²) in [5.74, 6) is 0.173. The summed E-state index contributed by atoms with van der Waals surface area (Å²) in [7, 11) is 0. The summed E-state index contributed by atoms with van der Waals surface area (Å²) in [6.45, 7) is 5.58. The molecule has 3 rings (SSSR count). The Labute approximate surface area is 130 Å². The number of carbonyl (C=O) groups is 1. The fourth-order valence-corrected chi connectivity index (χ4v) is 3.13. The molecule has 2 aromatic rings. The van der Waals surface area contributed by atoms with Crippen LogP contribution >= 0.6 is 0 Å². The Morgan fingerprint density at radius 2 is 2.32 bits per heavy atom. The topological polar surface area (TPSA) is 56.0 Å². The number of carbonyl (C=O) groups excluding carboxylic acids is 1. The van der Waals surface area contributed by atoms with Gasteiger partial charge in [-0.15, -0.1) is 0 Å². The number of aromatic nitrogens is 4. The summed E-state index contributed by atoms with van der Waals surface area (Å²) in [4.78, 5) is 18.9. The molecule has 0 aromatic carbocycles. The van der Waals surface area contributed by atoms with Crippen molar-refractivity contribution in [2.24, 2.45) is 0 Å². The van der Waals surface area contributed by atoms with E-state index in [0.717, 1.165) is 31.5 Å². The summed E-state index contributed by atoms with van der Waals surface area (Å²) < 4.78 is 3.82. The molecule has 1 aliphatic rings. The van der Waals surface area contributed by atoms with Crippen LogP contribution in [-0.2, 0) is 11.3 Å². The predicted molar refractivity (Wildman–Crippen MR) is 83.3 cm³/mol. The first-order valence-electron chi connectivity index (χ1n) is 7.92. The SMILES string of the molecule is Cc1cnn(C[C@@H]2CCCCN2C(=O)[C@H](C)n2ccnc2)c1. The quantitative estimate of drug-likeness (QED) is 0.868.